The third-order valence-corrected chi connectivity index (χ3v) is 3.87. The third kappa shape index (κ3) is 1.93. The van der Waals surface area contributed by atoms with E-state index in [9.17, 15) is 5.11 Å². The van der Waals surface area contributed by atoms with Crippen LogP contribution in [-0.2, 0) is 6.42 Å². The Hall–Kier alpha value is -1.32. The summed E-state index contributed by atoms with van der Waals surface area (Å²) in [7, 11) is 0. The molecular formula is C15H20N2O. The predicted octanol–water partition coefficient (Wildman–Crippen LogP) is 2.52. The minimum atomic E-state index is 0.146. The van der Waals surface area contributed by atoms with Gasteiger partial charge in [0.1, 0.15) is 0 Å². The fourth-order valence-electron chi connectivity index (χ4n) is 2.98. The van der Waals surface area contributed by atoms with Gasteiger partial charge < -0.3 is 15.4 Å². The molecule has 96 valence electrons. The Morgan fingerprint density at radius 1 is 1.44 bits per heavy atom. The third-order valence-electron chi connectivity index (χ3n) is 3.87. The van der Waals surface area contributed by atoms with Crippen LogP contribution in [0.2, 0.25) is 0 Å². The Morgan fingerprint density at radius 3 is 3.11 bits per heavy atom. The highest BCUT2D eigenvalue weighted by Crippen LogP contribution is 2.34. The van der Waals surface area contributed by atoms with Crippen molar-refractivity contribution in [2.24, 2.45) is 0 Å². The zero-order valence-electron chi connectivity index (χ0n) is 10.7. The summed E-state index contributed by atoms with van der Waals surface area (Å²) in [6.45, 7) is 2.21. The monoisotopic (exact) mass is 244 g/mol. The van der Waals surface area contributed by atoms with Crippen molar-refractivity contribution >= 4 is 10.9 Å². The van der Waals surface area contributed by atoms with Crippen LogP contribution >= 0.6 is 0 Å². The number of rotatable bonds is 3. The van der Waals surface area contributed by atoms with E-state index in [2.05, 4.69) is 34.6 Å². The molecule has 0 radical (unpaired) electrons. The van der Waals surface area contributed by atoms with Gasteiger partial charge in [0.15, 0.2) is 0 Å². The molecule has 3 N–H and O–H groups in total. The fraction of sp³-hybridized carbons (Fsp3) is 0.467. The summed E-state index contributed by atoms with van der Waals surface area (Å²) in [6, 6.07) is 9.01. The van der Waals surface area contributed by atoms with Crippen LogP contribution in [0.25, 0.3) is 10.9 Å². The topological polar surface area (TPSA) is 48.0 Å². The summed E-state index contributed by atoms with van der Waals surface area (Å²) >= 11 is 0. The molecule has 2 aromatic rings. The Balaban J connectivity index is 2.00. The standard InChI is InChI=1S/C15H20N2O/c1-10(9-18)16-14-8-4-6-12-11-5-2-3-7-13(11)17-15(12)14/h2-3,5,7,10,14,16-18H,4,6,8-9H2,1H3. The lowest BCUT2D eigenvalue weighted by molar-refractivity contribution is 0.235. The van der Waals surface area contributed by atoms with Crippen LogP contribution in [-0.4, -0.2) is 22.7 Å². The molecule has 1 aliphatic rings. The second-order valence-corrected chi connectivity index (χ2v) is 5.26. The first-order valence-electron chi connectivity index (χ1n) is 6.76. The number of para-hydroxylation sites is 1. The van der Waals surface area contributed by atoms with Crippen molar-refractivity contribution < 1.29 is 5.11 Å². The van der Waals surface area contributed by atoms with Gasteiger partial charge in [0, 0.05) is 28.7 Å². The fourth-order valence-corrected chi connectivity index (χ4v) is 2.98. The van der Waals surface area contributed by atoms with Crippen LogP contribution in [0.15, 0.2) is 24.3 Å². The molecular weight excluding hydrogens is 224 g/mol. The van der Waals surface area contributed by atoms with E-state index < -0.39 is 0 Å². The minimum Gasteiger partial charge on any atom is -0.395 e. The molecule has 1 aromatic carbocycles. The molecule has 0 spiro atoms. The number of hydrogen-bond acceptors (Lipinski definition) is 2. The molecule has 0 saturated heterocycles. The number of aliphatic hydroxyl groups excluding tert-OH is 1. The van der Waals surface area contributed by atoms with E-state index in [1.54, 1.807) is 0 Å². The average molecular weight is 244 g/mol. The van der Waals surface area contributed by atoms with E-state index in [1.165, 1.54) is 28.6 Å². The number of fused-ring (bicyclic) bond motifs is 3. The van der Waals surface area contributed by atoms with Gasteiger partial charge in [-0.3, -0.25) is 0 Å². The summed E-state index contributed by atoms with van der Waals surface area (Å²) < 4.78 is 0. The number of nitrogens with one attached hydrogen (secondary N) is 2. The van der Waals surface area contributed by atoms with Crippen molar-refractivity contribution in [1.82, 2.24) is 10.3 Å². The second kappa shape index (κ2) is 4.75. The average Bonchev–Trinajstić information content (AvgIpc) is 2.78. The quantitative estimate of drug-likeness (QED) is 0.777. The van der Waals surface area contributed by atoms with Crippen molar-refractivity contribution in [2.45, 2.75) is 38.3 Å². The summed E-state index contributed by atoms with van der Waals surface area (Å²) in [5, 5.41) is 14.0. The SMILES string of the molecule is CC(CO)NC1CCCc2c1[nH]c1ccccc21. The smallest absolute Gasteiger partial charge is 0.0582 e. The molecule has 3 rings (SSSR count). The minimum absolute atomic E-state index is 0.146. The van der Waals surface area contributed by atoms with Gasteiger partial charge in [-0.05, 0) is 37.8 Å². The van der Waals surface area contributed by atoms with Gasteiger partial charge in [0.05, 0.1) is 6.61 Å². The molecule has 1 heterocycles. The molecule has 0 amide bonds. The molecule has 1 aliphatic carbocycles. The van der Waals surface area contributed by atoms with E-state index in [4.69, 9.17) is 0 Å². The van der Waals surface area contributed by atoms with E-state index >= 15 is 0 Å². The lowest BCUT2D eigenvalue weighted by Crippen LogP contribution is -2.35. The highest BCUT2D eigenvalue weighted by atomic mass is 16.3. The van der Waals surface area contributed by atoms with Gasteiger partial charge in [-0.2, -0.15) is 0 Å². The molecule has 0 bridgehead atoms. The highest BCUT2D eigenvalue weighted by Gasteiger charge is 2.24. The predicted molar refractivity (Wildman–Crippen MR) is 73.7 cm³/mol. The molecule has 3 heteroatoms. The Morgan fingerprint density at radius 2 is 2.28 bits per heavy atom. The lowest BCUT2D eigenvalue weighted by Gasteiger charge is -2.26. The summed E-state index contributed by atoms with van der Waals surface area (Å²) in [5.41, 5.74) is 4.01. The largest absolute Gasteiger partial charge is 0.395 e. The van der Waals surface area contributed by atoms with E-state index in [0.29, 0.717) is 6.04 Å². The van der Waals surface area contributed by atoms with Crippen LogP contribution < -0.4 is 5.32 Å². The molecule has 2 unspecified atom stereocenters. The number of aliphatic hydroxyl groups is 1. The van der Waals surface area contributed by atoms with Crippen molar-refractivity contribution in [3.05, 3.63) is 35.5 Å². The summed E-state index contributed by atoms with van der Waals surface area (Å²) in [6.07, 6.45) is 3.51. The first-order chi connectivity index (χ1) is 8.79. The van der Waals surface area contributed by atoms with Crippen LogP contribution in [0.3, 0.4) is 0 Å². The first-order valence-corrected chi connectivity index (χ1v) is 6.76. The van der Waals surface area contributed by atoms with Crippen molar-refractivity contribution in [3.8, 4) is 0 Å². The van der Waals surface area contributed by atoms with E-state index in [-0.39, 0.29) is 12.6 Å². The summed E-state index contributed by atoms with van der Waals surface area (Å²) in [4.78, 5) is 3.55. The summed E-state index contributed by atoms with van der Waals surface area (Å²) in [5.74, 6) is 0. The Labute approximate surface area is 107 Å². The van der Waals surface area contributed by atoms with Crippen LogP contribution in [0.4, 0.5) is 0 Å². The molecule has 0 fully saturated rings. The maximum Gasteiger partial charge on any atom is 0.0582 e. The maximum absolute atomic E-state index is 9.18. The number of aromatic amines is 1. The van der Waals surface area contributed by atoms with Gasteiger partial charge in [-0.15, -0.1) is 0 Å². The van der Waals surface area contributed by atoms with Gasteiger partial charge in [-0.1, -0.05) is 18.2 Å². The highest BCUT2D eigenvalue weighted by molar-refractivity contribution is 5.85. The van der Waals surface area contributed by atoms with Gasteiger partial charge in [0.25, 0.3) is 0 Å². The van der Waals surface area contributed by atoms with Crippen molar-refractivity contribution in [3.63, 3.8) is 0 Å². The maximum atomic E-state index is 9.18. The molecule has 1 aromatic heterocycles. The van der Waals surface area contributed by atoms with Gasteiger partial charge in [-0.25, -0.2) is 0 Å². The van der Waals surface area contributed by atoms with Gasteiger partial charge in [0.2, 0.25) is 0 Å². The second-order valence-electron chi connectivity index (χ2n) is 5.26. The molecule has 0 saturated carbocycles. The lowest BCUT2D eigenvalue weighted by atomic mass is 9.91. The number of H-pyrrole nitrogens is 1. The normalized spacial score (nSPS) is 20.9. The first kappa shape index (κ1) is 11.8. The Kier molecular flexibility index (Phi) is 3.10. The van der Waals surface area contributed by atoms with E-state index in [1.807, 2.05) is 6.92 Å². The van der Waals surface area contributed by atoms with Crippen LogP contribution in [0, 0.1) is 0 Å². The Bertz CT molecular complexity index is 546. The number of benzene rings is 1. The van der Waals surface area contributed by atoms with Crippen LogP contribution in [0.5, 0.6) is 0 Å². The zero-order valence-corrected chi connectivity index (χ0v) is 10.7. The molecule has 0 aliphatic heterocycles. The van der Waals surface area contributed by atoms with Gasteiger partial charge >= 0.3 is 0 Å². The zero-order chi connectivity index (χ0) is 12.5. The molecule has 3 nitrogen and oxygen atoms in total. The van der Waals surface area contributed by atoms with Crippen molar-refractivity contribution in [1.29, 1.82) is 0 Å². The van der Waals surface area contributed by atoms with Crippen LogP contribution in [0.1, 0.15) is 37.1 Å². The number of hydrogen-bond donors (Lipinski definition) is 3. The van der Waals surface area contributed by atoms with E-state index in [0.717, 1.165) is 12.8 Å². The van der Waals surface area contributed by atoms with Crippen molar-refractivity contribution in [2.75, 3.05) is 6.61 Å². The number of aryl methyl sites for hydroxylation is 1. The number of aromatic nitrogens is 1. The molecule has 2 atom stereocenters. The molecule has 18 heavy (non-hydrogen) atoms.